The van der Waals surface area contributed by atoms with Gasteiger partial charge in [0, 0.05) is 0 Å². The smallest absolute Gasteiger partial charge is 0.233 e. The molecular formula is C8H13NO3. The quantitative estimate of drug-likeness (QED) is 0.521. The number of rotatable bonds is 1. The molecule has 4 nitrogen and oxygen atoms in total. The van der Waals surface area contributed by atoms with E-state index in [1.807, 2.05) is 0 Å². The highest BCUT2D eigenvalue weighted by Crippen LogP contribution is 2.25. The van der Waals surface area contributed by atoms with Crippen LogP contribution in [0.15, 0.2) is 0 Å². The Morgan fingerprint density at radius 3 is 2.25 bits per heavy atom. The van der Waals surface area contributed by atoms with Crippen molar-refractivity contribution in [3.05, 3.63) is 0 Å². The molecule has 2 unspecified atom stereocenters. The van der Waals surface area contributed by atoms with Crippen molar-refractivity contribution in [2.45, 2.75) is 32.4 Å². The average molecular weight is 171 g/mol. The summed E-state index contributed by atoms with van der Waals surface area (Å²) in [4.78, 5) is 22.1. The number of amides is 1. The number of nitrogens with one attached hydrogen (secondary N) is 1. The first-order valence-electron chi connectivity index (χ1n) is 3.87. The highest BCUT2D eigenvalue weighted by atomic mass is 16.3. The summed E-state index contributed by atoms with van der Waals surface area (Å²) in [6, 6.07) is 0. The van der Waals surface area contributed by atoms with Crippen molar-refractivity contribution in [2.75, 3.05) is 0 Å². The molecule has 68 valence electrons. The number of Topliss-reactive ketones (excluding diaryl/α,β-unsaturated/α-hetero) is 1. The molecule has 0 aromatic rings. The van der Waals surface area contributed by atoms with Crippen molar-refractivity contribution in [1.82, 2.24) is 5.32 Å². The van der Waals surface area contributed by atoms with E-state index in [9.17, 15) is 14.7 Å². The second-order valence-corrected chi connectivity index (χ2v) is 3.74. The molecule has 1 amide bonds. The summed E-state index contributed by atoms with van der Waals surface area (Å²) in [6.07, 6.45) is -0.914. The van der Waals surface area contributed by atoms with Crippen molar-refractivity contribution in [1.29, 1.82) is 0 Å². The van der Waals surface area contributed by atoms with E-state index in [2.05, 4.69) is 5.32 Å². The third-order valence-electron chi connectivity index (χ3n) is 2.22. The molecule has 4 heteroatoms. The van der Waals surface area contributed by atoms with E-state index in [0.29, 0.717) is 0 Å². The number of carbonyl (C=O) groups is 2. The predicted molar refractivity (Wildman–Crippen MR) is 42.4 cm³/mol. The van der Waals surface area contributed by atoms with Gasteiger partial charge in [-0.1, -0.05) is 0 Å². The van der Waals surface area contributed by atoms with Crippen molar-refractivity contribution >= 4 is 11.7 Å². The van der Waals surface area contributed by atoms with Crippen LogP contribution in [0.25, 0.3) is 0 Å². The van der Waals surface area contributed by atoms with Gasteiger partial charge in [-0.25, -0.2) is 0 Å². The minimum Gasteiger partial charge on any atom is -0.389 e. The Morgan fingerprint density at radius 2 is 2.08 bits per heavy atom. The summed E-state index contributed by atoms with van der Waals surface area (Å²) in [7, 11) is 0. The summed E-state index contributed by atoms with van der Waals surface area (Å²) < 4.78 is 0. The van der Waals surface area contributed by atoms with Crippen molar-refractivity contribution < 1.29 is 14.7 Å². The van der Waals surface area contributed by atoms with Crippen molar-refractivity contribution in [3.63, 3.8) is 0 Å². The van der Waals surface area contributed by atoms with E-state index >= 15 is 0 Å². The molecule has 1 fully saturated rings. The number of hydrogen-bond acceptors (Lipinski definition) is 3. The van der Waals surface area contributed by atoms with E-state index in [1.165, 1.54) is 6.92 Å². The molecule has 0 aromatic carbocycles. The topological polar surface area (TPSA) is 66.4 Å². The zero-order valence-electron chi connectivity index (χ0n) is 7.42. The zero-order chi connectivity index (χ0) is 9.52. The first-order chi connectivity index (χ1) is 5.36. The Hall–Kier alpha value is -0.900. The van der Waals surface area contributed by atoms with Gasteiger partial charge >= 0.3 is 0 Å². The largest absolute Gasteiger partial charge is 0.389 e. The third kappa shape index (κ3) is 1.22. The summed E-state index contributed by atoms with van der Waals surface area (Å²) in [6.45, 7) is 4.70. The minimum atomic E-state index is -0.914. The van der Waals surface area contributed by atoms with Gasteiger partial charge in [0.2, 0.25) is 5.91 Å². The van der Waals surface area contributed by atoms with Crippen LogP contribution in [0.4, 0.5) is 0 Å². The van der Waals surface area contributed by atoms with Crippen molar-refractivity contribution in [2.24, 2.45) is 5.92 Å². The molecule has 1 aliphatic heterocycles. The molecule has 2 atom stereocenters. The lowest BCUT2D eigenvalue weighted by molar-refractivity contribution is -0.133. The van der Waals surface area contributed by atoms with E-state index in [-0.39, 0.29) is 11.7 Å². The molecule has 1 aliphatic rings. The molecule has 0 aliphatic carbocycles. The lowest BCUT2D eigenvalue weighted by Crippen LogP contribution is -2.43. The monoisotopic (exact) mass is 171 g/mol. The van der Waals surface area contributed by atoms with Gasteiger partial charge in [-0.15, -0.1) is 0 Å². The van der Waals surface area contributed by atoms with E-state index < -0.39 is 17.6 Å². The minimum absolute atomic E-state index is 0.287. The van der Waals surface area contributed by atoms with Crippen LogP contribution >= 0.6 is 0 Å². The van der Waals surface area contributed by atoms with Gasteiger partial charge in [-0.05, 0) is 20.8 Å². The second kappa shape index (κ2) is 2.55. The fraction of sp³-hybridized carbons (Fsp3) is 0.750. The van der Waals surface area contributed by atoms with Crippen LogP contribution < -0.4 is 5.32 Å². The summed E-state index contributed by atoms with van der Waals surface area (Å²) in [5.41, 5.74) is -0.687. The number of carbonyl (C=O) groups excluding carboxylic acids is 2. The maximum atomic E-state index is 11.1. The number of aliphatic hydroxyl groups is 1. The first-order valence-corrected chi connectivity index (χ1v) is 3.87. The molecule has 1 saturated heterocycles. The van der Waals surface area contributed by atoms with Crippen LogP contribution in [0.5, 0.6) is 0 Å². The molecule has 1 rings (SSSR count). The second-order valence-electron chi connectivity index (χ2n) is 3.74. The maximum Gasteiger partial charge on any atom is 0.233 e. The Kier molecular flexibility index (Phi) is 1.96. The van der Waals surface area contributed by atoms with Gasteiger partial charge in [0.05, 0.1) is 11.6 Å². The number of aliphatic hydroxyl groups excluding tert-OH is 1. The standard InChI is InChI=1S/C8H13NO3/c1-4(10)5-6(11)8(2,3)9-7(5)12/h5-6,11H,1-3H3,(H,9,12). The maximum absolute atomic E-state index is 11.1. The van der Waals surface area contributed by atoms with Gasteiger partial charge in [-0.3, -0.25) is 9.59 Å². The third-order valence-corrected chi connectivity index (χ3v) is 2.22. The van der Waals surface area contributed by atoms with Gasteiger partial charge in [0.15, 0.2) is 0 Å². The highest BCUT2D eigenvalue weighted by molar-refractivity contribution is 6.03. The first kappa shape index (κ1) is 9.19. The Labute approximate surface area is 71.0 Å². The van der Waals surface area contributed by atoms with Gasteiger partial charge in [0.25, 0.3) is 0 Å². The normalized spacial score (nSPS) is 33.2. The Morgan fingerprint density at radius 1 is 1.58 bits per heavy atom. The Balaban J connectivity index is 2.92. The number of ketones is 1. The zero-order valence-corrected chi connectivity index (χ0v) is 7.42. The van der Waals surface area contributed by atoms with Crippen LogP contribution in [0.1, 0.15) is 20.8 Å². The van der Waals surface area contributed by atoms with Gasteiger partial charge in [-0.2, -0.15) is 0 Å². The average Bonchev–Trinajstić information content (AvgIpc) is 2.02. The molecule has 0 saturated carbocycles. The fourth-order valence-electron chi connectivity index (χ4n) is 1.44. The molecule has 0 spiro atoms. The lowest BCUT2D eigenvalue weighted by Gasteiger charge is -2.22. The van der Waals surface area contributed by atoms with Crippen LogP contribution in [-0.4, -0.2) is 28.4 Å². The molecule has 12 heavy (non-hydrogen) atoms. The summed E-state index contributed by atoms with van der Waals surface area (Å²) in [5, 5.41) is 12.1. The molecule has 0 bridgehead atoms. The molecule has 0 radical (unpaired) electrons. The molecule has 2 N–H and O–H groups in total. The Bertz CT molecular complexity index is 234. The van der Waals surface area contributed by atoms with Crippen LogP contribution in [0.2, 0.25) is 0 Å². The predicted octanol–water partition coefficient (Wildman–Crippen LogP) is -0.539. The molecule has 1 heterocycles. The van der Waals surface area contributed by atoms with Crippen molar-refractivity contribution in [3.8, 4) is 0 Å². The number of hydrogen-bond donors (Lipinski definition) is 2. The van der Waals surface area contributed by atoms with Crippen LogP contribution in [0, 0.1) is 5.92 Å². The lowest BCUT2D eigenvalue weighted by atomic mass is 9.90. The SMILES string of the molecule is CC(=O)C1C(=O)NC(C)(C)C1O. The van der Waals surface area contributed by atoms with E-state index in [0.717, 1.165) is 0 Å². The van der Waals surface area contributed by atoms with Crippen LogP contribution in [0.3, 0.4) is 0 Å². The van der Waals surface area contributed by atoms with E-state index in [1.54, 1.807) is 13.8 Å². The summed E-state index contributed by atoms with van der Waals surface area (Å²) >= 11 is 0. The van der Waals surface area contributed by atoms with Gasteiger partial charge in [0.1, 0.15) is 11.7 Å². The summed E-state index contributed by atoms with van der Waals surface area (Å²) in [5.74, 6) is -1.55. The highest BCUT2D eigenvalue weighted by Gasteiger charge is 2.48. The molecule has 0 aromatic heterocycles. The molecular weight excluding hydrogens is 158 g/mol. The van der Waals surface area contributed by atoms with Gasteiger partial charge < -0.3 is 10.4 Å². The van der Waals surface area contributed by atoms with Crippen LogP contribution in [-0.2, 0) is 9.59 Å². The van der Waals surface area contributed by atoms with E-state index in [4.69, 9.17) is 0 Å². The fourth-order valence-corrected chi connectivity index (χ4v) is 1.44.